The highest BCUT2D eigenvalue weighted by Gasteiger charge is 2.31. The average Bonchev–Trinajstić information content (AvgIpc) is 3.13. The Morgan fingerprint density at radius 3 is 2.27 bits per heavy atom. The maximum atomic E-state index is 13.1. The molecule has 1 fully saturated rings. The predicted octanol–water partition coefficient (Wildman–Crippen LogP) is 2.14. The Labute approximate surface area is 154 Å². The van der Waals surface area contributed by atoms with Crippen LogP contribution < -0.4 is 4.90 Å². The summed E-state index contributed by atoms with van der Waals surface area (Å²) < 4.78 is 5.73. The van der Waals surface area contributed by atoms with E-state index in [0.29, 0.717) is 38.1 Å². The van der Waals surface area contributed by atoms with Crippen LogP contribution in [0.2, 0.25) is 0 Å². The first kappa shape index (κ1) is 18.4. The quantitative estimate of drug-likeness (QED) is 0.817. The van der Waals surface area contributed by atoms with Gasteiger partial charge in [0, 0.05) is 32.1 Å². The fourth-order valence-corrected chi connectivity index (χ4v) is 3.18. The molecule has 7 nitrogen and oxygen atoms in total. The molecular formula is C19H27N5O2. The zero-order valence-electron chi connectivity index (χ0n) is 15.9. The third-order valence-corrected chi connectivity index (χ3v) is 4.65. The van der Waals surface area contributed by atoms with Crippen molar-refractivity contribution in [1.82, 2.24) is 20.0 Å². The summed E-state index contributed by atoms with van der Waals surface area (Å²) in [4.78, 5) is 19.0. The summed E-state index contributed by atoms with van der Waals surface area (Å²) in [6, 6.07) is 10.2. The van der Waals surface area contributed by atoms with Gasteiger partial charge >= 0.3 is 6.01 Å². The van der Waals surface area contributed by atoms with Crippen LogP contribution in [-0.2, 0) is 4.79 Å². The number of carbonyl (C=O) groups excluding carboxylic acids is 1. The zero-order chi connectivity index (χ0) is 18.7. The van der Waals surface area contributed by atoms with Gasteiger partial charge in [-0.1, -0.05) is 49.3 Å². The lowest BCUT2D eigenvalue weighted by Gasteiger charge is -2.37. The standard InChI is InChI=1S/C19H27N5O2/c1-14(2)17-20-21-19(26-17)24-12-10-23(11-13-24)18(25)16(22(3)4)15-8-6-5-7-9-15/h5-9,14,16H,10-13H2,1-4H3. The lowest BCUT2D eigenvalue weighted by molar-refractivity contribution is -0.136. The molecule has 0 saturated carbocycles. The van der Waals surface area contributed by atoms with Crippen LogP contribution in [0.15, 0.2) is 34.7 Å². The van der Waals surface area contributed by atoms with E-state index in [9.17, 15) is 4.79 Å². The smallest absolute Gasteiger partial charge is 0.318 e. The molecule has 2 heterocycles. The van der Waals surface area contributed by atoms with Crippen molar-refractivity contribution < 1.29 is 9.21 Å². The maximum absolute atomic E-state index is 13.1. The second-order valence-electron chi connectivity index (χ2n) is 7.17. The van der Waals surface area contributed by atoms with Crippen molar-refractivity contribution in [3.63, 3.8) is 0 Å². The van der Waals surface area contributed by atoms with E-state index in [1.807, 2.05) is 68.1 Å². The summed E-state index contributed by atoms with van der Waals surface area (Å²) in [7, 11) is 3.88. The highest BCUT2D eigenvalue weighted by atomic mass is 16.4. The molecule has 7 heteroatoms. The van der Waals surface area contributed by atoms with Gasteiger partial charge in [0.05, 0.1) is 0 Å². The van der Waals surface area contributed by atoms with Crippen LogP contribution in [0.5, 0.6) is 0 Å². The fraction of sp³-hybridized carbons (Fsp3) is 0.526. The molecule has 0 radical (unpaired) electrons. The van der Waals surface area contributed by atoms with E-state index < -0.39 is 0 Å². The van der Waals surface area contributed by atoms with E-state index in [4.69, 9.17) is 4.42 Å². The van der Waals surface area contributed by atoms with Crippen LogP contribution in [0, 0.1) is 0 Å². The van der Waals surface area contributed by atoms with Gasteiger partial charge in [0.1, 0.15) is 6.04 Å². The number of rotatable bonds is 5. The second-order valence-corrected chi connectivity index (χ2v) is 7.17. The van der Waals surface area contributed by atoms with Gasteiger partial charge in [-0.25, -0.2) is 0 Å². The molecule has 1 aliphatic heterocycles. The number of anilines is 1. The monoisotopic (exact) mass is 357 g/mol. The number of benzene rings is 1. The lowest BCUT2D eigenvalue weighted by Crippen LogP contribution is -2.51. The summed E-state index contributed by atoms with van der Waals surface area (Å²) >= 11 is 0. The fourth-order valence-electron chi connectivity index (χ4n) is 3.18. The molecule has 26 heavy (non-hydrogen) atoms. The zero-order valence-corrected chi connectivity index (χ0v) is 15.9. The summed E-state index contributed by atoms with van der Waals surface area (Å²) in [5, 5.41) is 8.23. The predicted molar refractivity (Wildman–Crippen MR) is 100 cm³/mol. The Balaban J connectivity index is 1.65. The molecular weight excluding hydrogens is 330 g/mol. The highest BCUT2D eigenvalue weighted by molar-refractivity contribution is 5.83. The molecule has 1 amide bonds. The molecule has 2 aromatic rings. The van der Waals surface area contributed by atoms with Crippen molar-refractivity contribution in [3.05, 3.63) is 41.8 Å². The minimum absolute atomic E-state index is 0.134. The van der Waals surface area contributed by atoms with Crippen molar-refractivity contribution in [1.29, 1.82) is 0 Å². The van der Waals surface area contributed by atoms with Crippen molar-refractivity contribution in [2.75, 3.05) is 45.2 Å². The maximum Gasteiger partial charge on any atom is 0.318 e. The third kappa shape index (κ3) is 3.88. The Morgan fingerprint density at radius 1 is 1.08 bits per heavy atom. The number of nitrogens with zero attached hydrogens (tertiary/aromatic N) is 5. The third-order valence-electron chi connectivity index (χ3n) is 4.65. The van der Waals surface area contributed by atoms with E-state index in [1.54, 1.807) is 0 Å². The number of hydrogen-bond acceptors (Lipinski definition) is 6. The van der Waals surface area contributed by atoms with E-state index in [2.05, 4.69) is 15.1 Å². The van der Waals surface area contributed by atoms with Crippen LogP contribution in [0.4, 0.5) is 6.01 Å². The Bertz CT molecular complexity index is 721. The molecule has 1 aliphatic rings. The van der Waals surface area contributed by atoms with Crippen molar-refractivity contribution >= 4 is 11.9 Å². The molecule has 0 N–H and O–H groups in total. The van der Waals surface area contributed by atoms with Crippen molar-refractivity contribution in [2.45, 2.75) is 25.8 Å². The Kier molecular flexibility index (Phi) is 5.56. The van der Waals surface area contributed by atoms with Crippen LogP contribution in [-0.4, -0.2) is 66.2 Å². The number of carbonyl (C=O) groups is 1. The number of aromatic nitrogens is 2. The number of amides is 1. The van der Waals surface area contributed by atoms with Gasteiger partial charge in [-0.05, 0) is 19.7 Å². The lowest BCUT2D eigenvalue weighted by atomic mass is 10.0. The molecule has 0 aliphatic carbocycles. The van der Waals surface area contributed by atoms with E-state index in [0.717, 1.165) is 5.56 Å². The largest absolute Gasteiger partial charge is 0.408 e. The van der Waals surface area contributed by atoms with Crippen LogP contribution in [0.1, 0.15) is 37.3 Å². The molecule has 1 aromatic heterocycles. The average molecular weight is 357 g/mol. The van der Waals surface area contributed by atoms with Gasteiger partial charge in [0.25, 0.3) is 0 Å². The number of likely N-dealkylation sites (N-methyl/N-ethyl adjacent to an activating group) is 1. The molecule has 1 saturated heterocycles. The van der Waals surface area contributed by atoms with Gasteiger partial charge in [0.2, 0.25) is 11.8 Å². The van der Waals surface area contributed by atoms with E-state index in [1.165, 1.54) is 0 Å². The second kappa shape index (κ2) is 7.86. The van der Waals surface area contributed by atoms with Crippen molar-refractivity contribution in [3.8, 4) is 0 Å². The molecule has 140 valence electrons. The van der Waals surface area contributed by atoms with Gasteiger partial charge in [0.15, 0.2) is 0 Å². The Hall–Kier alpha value is -2.41. The first-order valence-corrected chi connectivity index (χ1v) is 9.06. The molecule has 1 unspecified atom stereocenters. The van der Waals surface area contributed by atoms with Crippen molar-refractivity contribution in [2.24, 2.45) is 0 Å². The summed E-state index contributed by atoms with van der Waals surface area (Å²) in [6.45, 7) is 6.74. The topological polar surface area (TPSA) is 65.7 Å². The van der Waals surface area contributed by atoms with Gasteiger partial charge in [-0.3, -0.25) is 9.69 Å². The van der Waals surface area contributed by atoms with Gasteiger partial charge < -0.3 is 14.2 Å². The van der Waals surface area contributed by atoms with Crippen LogP contribution in [0.3, 0.4) is 0 Å². The molecule has 0 spiro atoms. The summed E-state index contributed by atoms with van der Waals surface area (Å²) in [6.07, 6.45) is 0. The van der Waals surface area contributed by atoms with E-state index >= 15 is 0 Å². The summed E-state index contributed by atoms with van der Waals surface area (Å²) in [5.74, 6) is 0.996. The Morgan fingerprint density at radius 2 is 1.73 bits per heavy atom. The molecule has 3 rings (SSSR count). The number of piperazine rings is 1. The van der Waals surface area contributed by atoms with Crippen LogP contribution >= 0.6 is 0 Å². The minimum Gasteiger partial charge on any atom is -0.408 e. The molecule has 0 bridgehead atoms. The molecule has 1 atom stereocenters. The first-order chi connectivity index (χ1) is 12.5. The highest BCUT2D eigenvalue weighted by Crippen LogP contribution is 2.23. The van der Waals surface area contributed by atoms with Gasteiger partial charge in [-0.2, -0.15) is 0 Å². The van der Waals surface area contributed by atoms with E-state index in [-0.39, 0.29) is 17.9 Å². The summed E-state index contributed by atoms with van der Waals surface area (Å²) in [5.41, 5.74) is 1.02. The van der Waals surface area contributed by atoms with Gasteiger partial charge in [-0.15, -0.1) is 5.10 Å². The number of hydrogen-bond donors (Lipinski definition) is 0. The normalized spacial score (nSPS) is 16.4. The SMILES string of the molecule is CC(C)c1nnc(N2CCN(C(=O)C(c3ccccc3)N(C)C)CC2)o1. The first-order valence-electron chi connectivity index (χ1n) is 9.06. The minimum atomic E-state index is -0.265. The van der Waals surface area contributed by atoms with Crippen LogP contribution in [0.25, 0.3) is 0 Å². The molecule has 1 aromatic carbocycles.